The lowest BCUT2D eigenvalue weighted by atomic mass is 10.0. The summed E-state index contributed by atoms with van der Waals surface area (Å²) < 4.78 is 12.8. The molecule has 0 saturated heterocycles. The highest BCUT2D eigenvalue weighted by Gasteiger charge is 2.18. The second-order valence-corrected chi connectivity index (χ2v) is 3.51. The molecule has 1 aromatic carbocycles. The number of nitrogens with zero attached hydrogens (tertiary/aromatic N) is 3. The highest BCUT2D eigenvalue weighted by Crippen LogP contribution is 2.23. The summed E-state index contributed by atoms with van der Waals surface area (Å²) in [7, 11) is 0. The van der Waals surface area contributed by atoms with Crippen molar-refractivity contribution in [2.24, 2.45) is 5.11 Å². The van der Waals surface area contributed by atoms with Gasteiger partial charge in [-0.1, -0.05) is 22.8 Å². The summed E-state index contributed by atoms with van der Waals surface area (Å²) in [4.78, 5) is 2.45. The maximum absolute atomic E-state index is 12.8. The van der Waals surface area contributed by atoms with E-state index < -0.39 is 18.0 Å². The lowest BCUT2D eigenvalue weighted by molar-refractivity contribution is 0.0244. The first-order valence-electron chi connectivity index (χ1n) is 4.38. The van der Waals surface area contributed by atoms with Gasteiger partial charge >= 0.3 is 0 Å². The average molecular weight is 246 g/mol. The number of hydrogen-bond donors (Lipinski definition) is 2. The number of halogens is 2. The summed E-state index contributed by atoms with van der Waals surface area (Å²) in [6.45, 7) is -0.271. The molecule has 0 aliphatic heterocycles. The normalized spacial score (nSPS) is 14.0. The lowest BCUT2D eigenvalue weighted by Crippen LogP contribution is -2.21. The number of aliphatic hydroxyl groups is 2. The monoisotopic (exact) mass is 245 g/mol. The minimum Gasteiger partial charge on any atom is -0.390 e. The Morgan fingerprint density at radius 3 is 2.75 bits per heavy atom. The molecule has 0 amide bonds. The smallest absolute Gasteiger partial charge is 0.141 e. The molecule has 0 aromatic heterocycles. The molecule has 16 heavy (non-hydrogen) atoms. The van der Waals surface area contributed by atoms with Crippen molar-refractivity contribution in [2.45, 2.75) is 12.2 Å². The molecule has 0 saturated carbocycles. The molecule has 0 radical (unpaired) electrons. The molecule has 86 valence electrons. The minimum atomic E-state index is -1.27. The molecule has 7 heteroatoms. The Morgan fingerprint density at radius 2 is 2.19 bits per heavy atom. The molecule has 0 fully saturated rings. The fourth-order valence-corrected chi connectivity index (χ4v) is 1.33. The number of hydrogen-bond acceptors (Lipinski definition) is 3. The standard InChI is InChI=1S/C9H9ClFN3O2/c10-6-3-5(1-2-7(6)11)9(16)8(15)4-13-14-12/h1-3,8-9,15-16H,4H2. The molecular formula is C9H9ClFN3O2. The molecule has 0 aliphatic carbocycles. The van der Waals surface area contributed by atoms with Gasteiger partial charge in [0.1, 0.15) is 11.9 Å². The Bertz CT molecular complexity index is 423. The Labute approximate surface area is 95.7 Å². The minimum absolute atomic E-state index is 0.146. The average Bonchev–Trinajstić information content (AvgIpc) is 2.28. The van der Waals surface area contributed by atoms with Crippen LogP contribution in [0, 0.1) is 5.82 Å². The van der Waals surface area contributed by atoms with Crippen LogP contribution in [0.15, 0.2) is 23.3 Å². The molecule has 2 unspecified atom stereocenters. The highest BCUT2D eigenvalue weighted by atomic mass is 35.5. The topological polar surface area (TPSA) is 89.2 Å². The Morgan fingerprint density at radius 1 is 1.50 bits per heavy atom. The van der Waals surface area contributed by atoms with E-state index >= 15 is 0 Å². The third-order valence-electron chi connectivity index (χ3n) is 1.98. The number of aliphatic hydroxyl groups excluding tert-OH is 2. The van der Waals surface area contributed by atoms with E-state index in [1.165, 1.54) is 12.1 Å². The quantitative estimate of drug-likeness (QED) is 0.484. The second kappa shape index (κ2) is 5.67. The van der Waals surface area contributed by atoms with E-state index in [0.717, 1.165) is 6.07 Å². The van der Waals surface area contributed by atoms with Gasteiger partial charge in [-0.15, -0.1) is 0 Å². The maximum atomic E-state index is 12.8. The fourth-order valence-electron chi connectivity index (χ4n) is 1.14. The van der Waals surface area contributed by atoms with E-state index in [9.17, 15) is 14.6 Å². The van der Waals surface area contributed by atoms with Crippen molar-refractivity contribution >= 4 is 11.6 Å². The van der Waals surface area contributed by atoms with Crippen LogP contribution in [-0.2, 0) is 0 Å². The van der Waals surface area contributed by atoms with Crippen LogP contribution < -0.4 is 0 Å². The molecule has 0 heterocycles. The van der Waals surface area contributed by atoms with E-state index in [2.05, 4.69) is 10.0 Å². The summed E-state index contributed by atoms with van der Waals surface area (Å²) in [5.74, 6) is -0.609. The van der Waals surface area contributed by atoms with Gasteiger partial charge in [0, 0.05) is 4.91 Å². The van der Waals surface area contributed by atoms with Crippen molar-refractivity contribution in [3.63, 3.8) is 0 Å². The molecule has 1 aromatic rings. The van der Waals surface area contributed by atoms with Gasteiger partial charge in [-0.25, -0.2) is 4.39 Å². The first kappa shape index (κ1) is 12.7. The van der Waals surface area contributed by atoms with Crippen LogP contribution in [0.25, 0.3) is 10.4 Å². The zero-order chi connectivity index (χ0) is 12.1. The molecule has 0 spiro atoms. The van der Waals surface area contributed by atoms with Crippen molar-refractivity contribution in [1.82, 2.24) is 0 Å². The largest absolute Gasteiger partial charge is 0.390 e. The van der Waals surface area contributed by atoms with Gasteiger partial charge in [0.15, 0.2) is 0 Å². The Kier molecular flexibility index (Phi) is 4.52. The van der Waals surface area contributed by atoms with Crippen LogP contribution in [0.5, 0.6) is 0 Å². The Hall–Kier alpha value is -1.33. The summed E-state index contributed by atoms with van der Waals surface area (Å²) in [5.41, 5.74) is 8.30. The maximum Gasteiger partial charge on any atom is 0.141 e. The van der Waals surface area contributed by atoms with Gasteiger partial charge < -0.3 is 10.2 Å². The molecule has 2 atom stereocenters. The predicted molar refractivity (Wildman–Crippen MR) is 56.4 cm³/mol. The zero-order valence-corrected chi connectivity index (χ0v) is 8.84. The molecule has 1 rings (SSSR count). The Balaban J connectivity index is 2.82. The molecule has 0 aliphatic rings. The number of rotatable bonds is 4. The SMILES string of the molecule is [N-]=[N+]=NCC(O)C(O)c1ccc(F)c(Cl)c1. The summed E-state index contributed by atoms with van der Waals surface area (Å²) >= 11 is 5.52. The van der Waals surface area contributed by atoms with Crippen LogP contribution in [0.3, 0.4) is 0 Å². The van der Waals surface area contributed by atoms with Gasteiger partial charge in [0.25, 0.3) is 0 Å². The lowest BCUT2D eigenvalue weighted by Gasteiger charge is -2.16. The van der Waals surface area contributed by atoms with Crippen molar-refractivity contribution in [3.8, 4) is 0 Å². The van der Waals surface area contributed by atoms with Crippen LogP contribution in [-0.4, -0.2) is 22.9 Å². The van der Waals surface area contributed by atoms with Gasteiger partial charge in [-0.3, -0.25) is 0 Å². The first-order chi connectivity index (χ1) is 7.56. The van der Waals surface area contributed by atoms with E-state index in [-0.39, 0.29) is 17.1 Å². The van der Waals surface area contributed by atoms with E-state index in [1.54, 1.807) is 0 Å². The predicted octanol–water partition coefficient (Wildman–Crippen LogP) is 2.18. The van der Waals surface area contributed by atoms with Crippen LogP contribution >= 0.6 is 11.6 Å². The van der Waals surface area contributed by atoms with Gasteiger partial charge in [-0.05, 0) is 23.2 Å². The van der Waals surface area contributed by atoms with Crippen LogP contribution in [0.4, 0.5) is 4.39 Å². The summed E-state index contributed by atoms with van der Waals surface area (Å²) in [6, 6.07) is 3.59. The van der Waals surface area contributed by atoms with Gasteiger partial charge in [0.2, 0.25) is 0 Å². The van der Waals surface area contributed by atoms with Gasteiger partial charge in [0.05, 0.1) is 17.7 Å². The molecule has 5 nitrogen and oxygen atoms in total. The zero-order valence-electron chi connectivity index (χ0n) is 8.09. The van der Waals surface area contributed by atoms with E-state index in [1.807, 2.05) is 0 Å². The molecule has 0 bridgehead atoms. The fraction of sp³-hybridized carbons (Fsp3) is 0.333. The molecular weight excluding hydrogens is 237 g/mol. The summed E-state index contributed by atoms with van der Waals surface area (Å²) in [5, 5.41) is 22.0. The van der Waals surface area contributed by atoms with E-state index in [0.29, 0.717) is 0 Å². The first-order valence-corrected chi connectivity index (χ1v) is 4.76. The third-order valence-corrected chi connectivity index (χ3v) is 2.27. The van der Waals surface area contributed by atoms with Crippen molar-refractivity contribution in [1.29, 1.82) is 0 Å². The highest BCUT2D eigenvalue weighted by molar-refractivity contribution is 6.30. The number of azide groups is 1. The van der Waals surface area contributed by atoms with Crippen LogP contribution in [0.1, 0.15) is 11.7 Å². The van der Waals surface area contributed by atoms with Crippen molar-refractivity contribution < 1.29 is 14.6 Å². The second-order valence-electron chi connectivity index (χ2n) is 3.10. The summed E-state index contributed by atoms with van der Waals surface area (Å²) in [6.07, 6.45) is -2.53. The van der Waals surface area contributed by atoms with Crippen LogP contribution in [0.2, 0.25) is 5.02 Å². The third kappa shape index (κ3) is 3.08. The van der Waals surface area contributed by atoms with Crippen molar-refractivity contribution in [3.05, 3.63) is 45.0 Å². The number of benzene rings is 1. The van der Waals surface area contributed by atoms with Crippen molar-refractivity contribution in [2.75, 3.05) is 6.54 Å². The molecule has 2 N–H and O–H groups in total. The van der Waals surface area contributed by atoms with Gasteiger partial charge in [-0.2, -0.15) is 0 Å². The van der Waals surface area contributed by atoms with E-state index in [4.69, 9.17) is 17.1 Å².